The van der Waals surface area contributed by atoms with Crippen LogP contribution in [0.25, 0.3) is 11.3 Å². The monoisotopic (exact) mass is 391 g/mol. The molecule has 0 unspecified atom stereocenters. The van der Waals surface area contributed by atoms with Crippen molar-refractivity contribution in [2.45, 2.75) is 6.92 Å². The quantitative estimate of drug-likeness (QED) is 0.693. The van der Waals surface area contributed by atoms with E-state index in [0.29, 0.717) is 22.2 Å². The van der Waals surface area contributed by atoms with Gasteiger partial charge < -0.3 is 10.4 Å². The van der Waals surface area contributed by atoms with Crippen molar-refractivity contribution in [2.24, 2.45) is 10.1 Å². The minimum Gasteiger partial charge on any atom is -0.508 e. The molecule has 1 aromatic heterocycles. The zero-order chi connectivity index (χ0) is 19.5. The fraction of sp³-hybridized carbons (Fsp3) is 0.100. The molecule has 8 heteroatoms. The van der Waals surface area contributed by atoms with Crippen molar-refractivity contribution in [3.8, 4) is 17.0 Å². The molecular formula is C20H17N5O2S. The normalized spacial score (nSPS) is 15.2. The third-order valence-corrected chi connectivity index (χ3v) is 4.91. The van der Waals surface area contributed by atoms with Crippen LogP contribution >= 0.6 is 11.3 Å². The summed E-state index contributed by atoms with van der Waals surface area (Å²) in [6, 6.07) is 16.5. The lowest BCUT2D eigenvalue weighted by Crippen LogP contribution is -2.27. The van der Waals surface area contributed by atoms with Crippen LogP contribution in [0.4, 0.5) is 10.8 Å². The maximum absolute atomic E-state index is 12.7. The number of phenolic OH excluding ortho intramolecular Hbond substituents is 1. The third-order valence-electron chi connectivity index (χ3n) is 4.10. The number of benzene rings is 2. The first-order valence-corrected chi connectivity index (χ1v) is 9.48. The number of amides is 1. The largest absolute Gasteiger partial charge is 0.508 e. The predicted molar refractivity (Wildman–Crippen MR) is 112 cm³/mol. The minimum absolute atomic E-state index is 0.163. The molecule has 28 heavy (non-hydrogen) atoms. The summed E-state index contributed by atoms with van der Waals surface area (Å²) in [6.07, 6.45) is 0. The van der Waals surface area contributed by atoms with Gasteiger partial charge in [0.2, 0.25) is 5.13 Å². The average Bonchev–Trinajstić information content (AvgIpc) is 3.29. The van der Waals surface area contributed by atoms with Gasteiger partial charge in [0.05, 0.1) is 11.4 Å². The van der Waals surface area contributed by atoms with E-state index in [9.17, 15) is 9.90 Å². The average molecular weight is 391 g/mol. The van der Waals surface area contributed by atoms with Crippen molar-refractivity contribution < 1.29 is 9.90 Å². The number of nitrogens with zero attached hydrogens (tertiary/aromatic N) is 4. The Kier molecular flexibility index (Phi) is 4.86. The second-order valence-corrected chi connectivity index (χ2v) is 6.91. The van der Waals surface area contributed by atoms with Gasteiger partial charge in [-0.3, -0.25) is 9.79 Å². The highest BCUT2D eigenvalue weighted by molar-refractivity contribution is 7.14. The minimum atomic E-state index is -0.302. The number of carbonyl (C=O) groups is 1. The van der Waals surface area contributed by atoms with E-state index < -0.39 is 0 Å². The molecule has 1 aliphatic rings. The van der Waals surface area contributed by atoms with E-state index in [4.69, 9.17) is 0 Å². The fourth-order valence-electron chi connectivity index (χ4n) is 2.74. The lowest BCUT2D eigenvalue weighted by atomic mass is 10.2. The van der Waals surface area contributed by atoms with Crippen LogP contribution in [0.1, 0.15) is 6.92 Å². The summed E-state index contributed by atoms with van der Waals surface area (Å²) < 4.78 is 0. The SMILES string of the molecule is CC1=NN(c2nc(-c3ccccc3)cs2)C(=O)/C1=N\CNc1cccc(O)c1. The highest BCUT2D eigenvalue weighted by atomic mass is 32.1. The molecule has 4 rings (SSSR count). The Balaban J connectivity index is 1.48. The first kappa shape index (κ1) is 17.9. The van der Waals surface area contributed by atoms with E-state index in [0.717, 1.165) is 11.3 Å². The van der Waals surface area contributed by atoms with Crippen molar-refractivity contribution in [1.29, 1.82) is 0 Å². The van der Waals surface area contributed by atoms with E-state index >= 15 is 0 Å². The molecule has 140 valence electrons. The molecule has 0 aliphatic carbocycles. The standard InChI is InChI=1S/C20H17N5O2S/c1-13-18(22-12-21-15-8-5-9-16(26)10-15)19(27)25(24-13)20-23-17(11-28-20)14-6-3-2-4-7-14/h2-11,21,26H,12H2,1H3/b22-18-. The van der Waals surface area contributed by atoms with E-state index in [-0.39, 0.29) is 18.3 Å². The molecule has 0 atom stereocenters. The Morgan fingerprint density at radius 3 is 2.79 bits per heavy atom. The number of aromatic nitrogens is 1. The van der Waals surface area contributed by atoms with Crippen molar-refractivity contribution in [3.05, 3.63) is 60.0 Å². The van der Waals surface area contributed by atoms with E-state index in [1.807, 2.05) is 41.8 Å². The number of phenols is 1. The molecule has 0 fully saturated rings. The predicted octanol–water partition coefficient (Wildman–Crippen LogP) is 3.75. The number of hydrazone groups is 1. The molecule has 0 saturated carbocycles. The second kappa shape index (κ2) is 7.61. The summed E-state index contributed by atoms with van der Waals surface area (Å²) in [4.78, 5) is 21.6. The van der Waals surface area contributed by atoms with Crippen LogP contribution < -0.4 is 10.3 Å². The number of nitrogens with one attached hydrogen (secondary N) is 1. The van der Waals surface area contributed by atoms with Gasteiger partial charge in [0.1, 0.15) is 18.1 Å². The van der Waals surface area contributed by atoms with Gasteiger partial charge in [-0.05, 0) is 19.1 Å². The number of aromatic hydroxyl groups is 1. The molecule has 0 radical (unpaired) electrons. The number of hydrogen-bond donors (Lipinski definition) is 2. The molecule has 0 bridgehead atoms. The fourth-order valence-corrected chi connectivity index (χ4v) is 3.52. The van der Waals surface area contributed by atoms with Crippen molar-refractivity contribution in [2.75, 3.05) is 17.0 Å². The Morgan fingerprint density at radius 1 is 1.18 bits per heavy atom. The van der Waals surface area contributed by atoms with Gasteiger partial charge in [0, 0.05) is 22.7 Å². The first-order chi connectivity index (χ1) is 13.6. The van der Waals surface area contributed by atoms with Gasteiger partial charge in [0.15, 0.2) is 0 Å². The van der Waals surface area contributed by atoms with Crippen molar-refractivity contribution >= 4 is 39.5 Å². The number of hydrogen-bond acceptors (Lipinski definition) is 7. The smallest absolute Gasteiger partial charge is 0.300 e. The molecule has 2 aromatic carbocycles. The van der Waals surface area contributed by atoms with Crippen LogP contribution in [0.3, 0.4) is 0 Å². The van der Waals surface area contributed by atoms with E-state index in [1.165, 1.54) is 16.3 Å². The van der Waals surface area contributed by atoms with Crippen LogP contribution in [-0.2, 0) is 4.79 Å². The summed E-state index contributed by atoms with van der Waals surface area (Å²) >= 11 is 1.36. The highest BCUT2D eigenvalue weighted by Crippen LogP contribution is 2.29. The van der Waals surface area contributed by atoms with Crippen LogP contribution in [0.2, 0.25) is 0 Å². The van der Waals surface area contributed by atoms with Crippen LogP contribution in [0.15, 0.2) is 70.1 Å². The summed E-state index contributed by atoms with van der Waals surface area (Å²) in [5, 5.41) is 20.6. The Morgan fingerprint density at radius 2 is 2.00 bits per heavy atom. The second-order valence-electron chi connectivity index (χ2n) is 6.08. The number of anilines is 2. The van der Waals surface area contributed by atoms with Crippen LogP contribution in [0.5, 0.6) is 5.75 Å². The zero-order valence-electron chi connectivity index (χ0n) is 15.0. The van der Waals surface area contributed by atoms with Crippen LogP contribution in [-0.4, -0.2) is 34.1 Å². The molecule has 2 N–H and O–H groups in total. The summed E-state index contributed by atoms with van der Waals surface area (Å²) in [5.74, 6) is -0.138. The molecule has 7 nitrogen and oxygen atoms in total. The lowest BCUT2D eigenvalue weighted by molar-refractivity contribution is -0.112. The van der Waals surface area contributed by atoms with Crippen LogP contribution in [0, 0.1) is 0 Å². The number of thiazole rings is 1. The van der Waals surface area contributed by atoms with Crippen molar-refractivity contribution in [1.82, 2.24) is 4.98 Å². The number of rotatable bonds is 5. The van der Waals surface area contributed by atoms with Gasteiger partial charge >= 0.3 is 5.91 Å². The van der Waals surface area contributed by atoms with Gasteiger partial charge in [-0.15, -0.1) is 11.3 Å². The Hall–Kier alpha value is -3.52. The molecule has 0 spiro atoms. The molecule has 2 heterocycles. The Labute approximate surface area is 165 Å². The van der Waals surface area contributed by atoms with Gasteiger partial charge in [-0.2, -0.15) is 10.1 Å². The first-order valence-electron chi connectivity index (χ1n) is 8.60. The maximum Gasteiger partial charge on any atom is 0.300 e. The van der Waals surface area contributed by atoms with Crippen molar-refractivity contribution in [3.63, 3.8) is 0 Å². The zero-order valence-corrected chi connectivity index (χ0v) is 15.8. The number of aliphatic imine (C=N–C) groups is 1. The number of carbonyl (C=O) groups excluding carboxylic acids is 1. The topological polar surface area (TPSA) is 90.2 Å². The summed E-state index contributed by atoms with van der Waals surface area (Å²) in [7, 11) is 0. The van der Waals surface area contributed by atoms with Gasteiger partial charge in [-0.1, -0.05) is 36.4 Å². The molecule has 1 aliphatic heterocycles. The van der Waals surface area contributed by atoms with E-state index in [2.05, 4.69) is 20.4 Å². The molecule has 0 saturated heterocycles. The maximum atomic E-state index is 12.7. The van der Waals surface area contributed by atoms with Gasteiger partial charge in [0.25, 0.3) is 0 Å². The molecule has 1 amide bonds. The molecular weight excluding hydrogens is 374 g/mol. The Bertz CT molecular complexity index is 1070. The van der Waals surface area contributed by atoms with Gasteiger partial charge in [-0.25, -0.2) is 4.98 Å². The highest BCUT2D eigenvalue weighted by Gasteiger charge is 2.32. The third kappa shape index (κ3) is 3.63. The lowest BCUT2D eigenvalue weighted by Gasteiger charge is -2.07. The summed E-state index contributed by atoms with van der Waals surface area (Å²) in [6.45, 7) is 1.94. The summed E-state index contributed by atoms with van der Waals surface area (Å²) in [5.41, 5.74) is 3.34. The molecule has 3 aromatic rings. The van der Waals surface area contributed by atoms with E-state index in [1.54, 1.807) is 25.1 Å².